The van der Waals surface area contributed by atoms with Gasteiger partial charge >= 0.3 is 0 Å². The molecule has 0 aliphatic heterocycles. The van der Waals surface area contributed by atoms with Gasteiger partial charge in [-0.3, -0.25) is 13.7 Å². The highest BCUT2D eigenvalue weighted by atomic mass is 16.5. The zero-order valence-electron chi connectivity index (χ0n) is 33.5. The zero-order chi connectivity index (χ0) is 38.7. The highest BCUT2D eigenvalue weighted by Gasteiger charge is 2.25. The fourth-order valence-electron chi connectivity index (χ4n) is 7.28. The Morgan fingerprint density at radius 2 is 1.24 bits per heavy atom. The van der Waals surface area contributed by atoms with Gasteiger partial charge in [0.25, 0.3) is 6.33 Å². The lowest BCUT2D eigenvalue weighted by molar-refractivity contribution is -0.599. The number of rotatable bonds is 6. The molecule has 5 nitrogen and oxygen atoms in total. The molecule has 276 valence electrons. The number of benzene rings is 5. The molecule has 55 heavy (non-hydrogen) atoms. The molecule has 0 radical (unpaired) electrons. The number of hydrogen-bond donors (Lipinski definition) is 0. The molecular formula is C50H50N4O. The molecule has 0 aliphatic carbocycles. The average Bonchev–Trinajstić information content (AvgIpc) is 3.75. The van der Waals surface area contributed by atoms with Crippen molar-refractivity contribution in [3.63, 3.8) is 0 Å². The van der Waals surface area contributed by atoms with E-state index in [4.69, 9.17) is 9.72 Å². The Bertz CT molecular complexity index is 2660. The van der Waals surface area contributed by atoms with E-state index in [0.717, 1.165) is 50.8 Å². The fourth-order valence-corrected chi connectivity index (χ4v) is 7.28. The Labute approximate surface area is 325 Å². The number of imidazole rings is 1. The minimum atomic E-state index is -0.152. The van der Waals surface area contributed by atoms with E-state index in [1.54, 1.807) is 0 Å². The maximum atomic E-state index is 6.85. The molecule has 8 rings (SSSR count). The van der Waals surface area contributed by atoms with Crippen molar-refractivity contribution in [2.45, 2.75) is 78.6 Å². The molecule has 0 unspecified atom stereocenters. The van der Waals surface area contributed by atoms with Crippen LogP contribution in [0.2, 0.25) is 0 Å². The van der Waals surface area contributed by atoms with E-state index in [2.05, 4.69) is 216 Å². The SMILES string of the molecule is CC(C)(C)c1cc(Oc2ccc3c4ccccc4n(-c4cc(C(C)(C)C)ccn4)c3c2)cc(-n2[c-][n+](-c3ccc(-c4ccccc4)cc3)cc2C(C)(C)C)c1. The summed E-state index contributed by atoms with van der Waals surface area (Å²) in [4.78, 5) is 4.88. The zero-order valence-corrected chi connectivity index (χ0v) is 33.5. The first-order chi connectivity index (χ1) is 26.1. The predicted molar refractivity (Wildman–Crippen MR) is 226 cm³/mol. The first kappa shape index (κ1) is 36.1. The number of ether oxygens (including phenoxy) is 1. The quantitative estimate of drug-likeness (QED) is 0.127. The third-order valence-corrected chi connectivity index (χ3v) is 10.5. The molecule has 0 atom stereocenters. The van der Waals surface area contributed by atoms with Gasteiger partial charge < -0.3 is 4.74 Å². The van der Waals surface area contributed by atoms with E-state index >= 15 is 0 Å². The molecule has 0 bridgehead atoms. The van der Waals surface area contributed by atoms with E-state index in [-0.39, 0.29) is 16.2 Å². The molecule has 3 aromatic heterocycles. The van der Waals surface area contributed by atoms with Crippen molar-refractivity contribution in [1.82, 2.24) is 14.1 Å². The lowest BCUT2D eigenvalue weighted by Crippen LogP contribution is -2.28. The smallest absolute Gasteiger partial charge is 0.269 e. The Kier molecular flexibility index (Phi) is 8.80. The normalized spacial score (nSPS) is 12.5. The van der Waals surface area contributed by atoms with Crippen molar-refractivity contribution in [1.29, 1.82) is 0 Å². The standard InChI is InChI=1S/C50H50N4O/c1-48(2,3)36-25-26-51-47(29-36)54-44-18-14-13-17-42(44)43-24-23-40(31-45(43)54)55-41-28-37(49(4,5)6)27-39(30-41)53-33-52(32-46(53)50(7,8)9)38-21-19-35(20-22-38)34-15-11-10-12-16-34/h10-32H,1-9H3. The van der Waals surface area contributed by atoms with E-state index in [0.29, 0.717) is 0 Å². The van der Waals surface area contributed by atoms with Crippen LogP contribution in [0.15, 0.2) is 140 Å². The molecule has 0 saturated carbocycles. The van der Waals surface area contributed by atoms with Gasteiger partial charge in [-0.05, 0) is 99.2 Å². The molecular weight excluding hydrogens is 673 g/mol. The van der Waals surface area contributed by atoms with Crippen LogP contribution in [0, 0.1) is 6.33 Å². The first-order valence-electron chi connectivity index (χ1n) is 19.2. The van der Waals surface area contributed by atoms with Crippen LogP contribution in [-0.2, 0) is 16.2 Å². The molecule has 0 saturated heterocycles. The van der Waals surface area contributed by atoms with E-state index < -0.39 is 0 Å². The number of nitrogens with zero attached hydrogens (tertiary/aromatic N) is 4. The van der Waals surface area contributed by atoms with Crippen LogP contribution in [-0.4, -0.2) is 14.1 Å². The maximum Gasteiger partial charge on any atom is 0.269 e. The summed E-state index contributed by atoms with van der Waals surface area (Å²) >= 11 is 0. The van der Waals surface area contributed by atoms with Crippen molar-refractivity contribution >= 4 is 21.8 Å². The highest BCUT2D eigenvalue weighted by molar-refractivity contribution is 6.09. The number of hydrogen-bond acceptors (Lipinski definition) is 2. The van der Waals surface area contributed by atoms with Gasteiger partial charge in [0.15, 0.2) is 0 Å². The number of aromatic nitrogens is 4. The van der Waals surface area contributed by atoms with Crippen molar-refractivity contribution in [3.8, 4) is 39.8 Å². The molecule has 0 amide bonds. The summed E-state index contributed by atoms with van der Waals surface area (Å²) in [5.74, 6) is 2.44. The molecule has 8 aromatic rings. The van der Waals surface area contributed by atoms with Crippen molar-refractivity contribution < 1.29 is 9.30 Å². The number of para-hydroxylation sites is 1. The molecule has 0 fully saturated rings. The van der Waals surface area contributed by atoms with E-state index in [9.17, 15) is 0 Å². The summed E-state index contributed by atoms with van der Waals surface area (Å²) < 4.78 is 13.4. The van der Waals surface area contributed by atoms with Crippen LogP contribution >= 0.6 is 0 Å². The van der Waals surface area contributed by atoms with Crippen LogP contribution < -0.4 is 9.30 Å². The van der Waals surface area contributed by atoms with Crippen molar-refractivity contribution in [3.05, 3.63) is 163 Å². The third-order valence-electron chi connectivity index (χ3n) is 10.5. The molecule has 5 aromatic carbocycles. The summed E-state index contributed by atoms with van der Waals surface area (Å²) in [6, 6.07) is 45.1. The second kappa shape index (κ2) is 13.4. The summed E-state index contributed by atoms with van der Waals surface area (Å²) in [6.45, 7) is 20.2. The molecule has 0 spiro atoms. The van der Waals surface area contributed by atoms with Crippen LogP contribution in [0.5, 0.6) is 11.5 Å². The Balaban J connectivity index is 1.22. The lowest BCUT2D eigenvalue weighted by Gasteiger charge is -2.24. The van der Waals surface area contributed by atoms with Gasteiger partial charge in [0, 0.05) is 29.2 Å². The third kappa shape index (κ3) is 7.07. The van der Waals surface area contributed by atoms with Crippen molar-refractivity contribution in [2.75, 3.05) is 0 Å². The second-order valence-electron chi connectivity index (χ2n) is 17.7. The van der Waals surface area contributed by atoms with Crippen LogP contribution in [0.1, 0.15) is 79.1 Å². The van der Waals surface area contributed by atoms with Crippen LogP contribution in [0.3, 0.4) is 0 Å². The fraction of sp³-hybridized carbons (Fsp3) is 0.240. The number of fused-ring (bicyclic) bond motifs is 3. The van der Waals surface area contributed by atoms with Gasteiger partial charge in [-0.2, -0.15) is 0 Å². The largest absolute Gasteiger partial charge is 0.458 e. The van der Waals surface area contributed by atoms with Gasteiger partial charge in [0.1, 0.15) is 17.3 Å². The van der Waals surface area contributed by atoms with Gasteiger partial charge in [0.05, 0.1) is 28.1 Å². The van der Waals surface area contributed by atoms with Crippen LogP contribution in [0.25, 0.3) is 50.1 Å². The average molecular weight is 723 g/mol. The van der Waals surface area contributed by atoms with Gasteiger partial charge in [-0.1, -0.05) is 123 Å². The maximum absolute atomic E-state index is 6.85. The molecule has 5 heteroatoms. The first-order valence-corrected chi connectivity index (χ1v) is 19.2. The van der Waals surface area contributed by atoms with Crippen molar-refractivity contribution in [2.24, 2.45) is 0 Å². The molecule has 3 heterocycles. The Hall–Kier alpha value is -5.94. The van der Waals surface area contributed by atoms with Gasteiger partial charge in [0.2, 0.25) is 0 Å². The minimum absolute atomic E-state index is 0.00321. The summed E-state index contributed by atoms with van der Waals surface area (Å²) in [5.41, 5.74) is 9.91. The number of pyridine rings is 1. The van der Waals surface area contributed by atoms with E-state index in [1.807, 2.05) is 6.20 Å². The lowest BCUT2D eigenvalue weighted by atomic mass is 9.86. The highest BCUT2D eigenvalue weighted by Crippen LogP contribution is 2.38. The monoisotopic (exact) mass is 722 g/mol. The van der Waals surface area contributed by atoms with Crippen LogP contribution in [0.4, 0.5) is 0 Å². The Morgan fingerprint density at radius 3 is 1.95 bits per heavy atom. The summed E-state index contributed by atoms with van der Waals surface area (Å²) in [7, 11) is 0. The second-order valence-corrected chi connectivity index (χ2v) is 17.7. The van der Waals surface area contributed by atoms with E-state index in [1.165, 1.54) is 27.6 Å². The predicted octanol–water partition coefficient (Wildman–Crippen LogP) is 12.4. The topological polar surface area (TPSA) is 35.9 Å². The van der Waals surface area contributed by atoms with Gasteiger partial charge in [-0.15, -0.1) is 0 Å². The van der Waals surface area contributed by atoms with Gasteiger partial charge in [-0.25, -0.2) is 4.98 Å². The summed E-state index contributed by atoms with van der Waals surface area (Å²) in [5, 5.41) is 2.35. The minimum Gasteiger partial charge on any atom is -0.458 e. The Morgan fingerprint density at radius 1 is 0.564 bits per heavy atom. The molecule has 0 aliphatic rings. The summed E-state index contributed by atoms with van der Waals surface area (Å²) in [6.07, 6.45) is 7.82. The molecule has 0 N–H and O–H groups in total.